The van der Waals surface area contributed by atoms with E-state index in [0.717, 1.165) is 55.3 Å². The second kappa shape index (κ2) is 6.93. The third-order valence-corrected chi connectivity index (χ3v) is 5.13. The smallest absolute Gasteiger partial charge is 0.177 e. The van der Waals surface area contributed by atoms with Crippen LogP contribution in [0, 0.1) is 0 Å². The molecule has 0 atom stereocenters. The Labute approximate surface area is 158 Å². The van der Waals surface area contributed by atoms with Crippen molar-refractivity contribution in [3.8, 4) is 11.6 Å². The number of hydrogen-bond donors (Lipinski definition) is 1. The van der Waals surface area contributed by atoms with E-state index in [9.17, 15) is 0 Å². The minimum absolute atomic E-state index is 0.760. The van der Waals surface area contributed by atoms with Crippen LogP contribution < -0.4 is 10.2 Å². The molecule has 1 fully saturated rings. The lowest BCUT2D eigenvalue weighted by Crippen LogP contribution is -2.43. The number of imidazole rings is 1. The average molecular weight is 358 g/mol. The van der Waals surface area contributed by atoms with Crippen LogP contribution in [0.3, 0.4) is 0 Å². The fourth-order valence-corrected chi connectivity index (χ4v) is 3.79. The Bertz CT molecular complexity index is 1050. The SMILES string of the molecule is c1cc(Cn2c(-c3ccco3)nc3ccccc32)cc(N2CCNCC2)c1. The second-order valence-corrected chi connectivity index (χ2v) is 6.89. The number of fused-ring (bicyclic) bond motifs is 1. The fourth-order valence-electron chi connectivity index (χ4n) is 3.79. The molecular formula is C22H22N4O. The van der Waals surface area contributed by atoms with E-state index in [1.165, 1.54) is 11.3 Å². The molecule has 3 heterocycles. The number of rotatable bonds is 4. The molecule has 1 N–H and O–H groups in total. The number of nitrogens with zero attached hydrogens (tertiary/aromatic N) is 3. The van der Waals surface area contributed by atoms with Crippen molar-refractivity contribution in [1.82, 2.24) is 14.9 Å². The Morgan fingerprint density at radius 2 is 1.85 bits per heavy atom. The molecule has 2 aromatic carbocycles. The van der Waals surface area contributed by atoms with E-state index in [4.69, 9.17) is 9.40 Å². The van der Waals surface area contributed by atoms with Gasteiger partial charge in [-0.3, -0.25) is 0 Å². The lowest BCUT2D eigenvalue weighted by Gasteiger charge is -2.29. The highest BCUT2D eigenvalue weighted by atomic mass is 16.3. The molecule has 5 nitrogen and oxygen atoms in total. The van der Waals surface area contributed by atoms with Crippen molar-refractivity contribution in [3.63, 3.8) is 0 Å². The number of piperazine rings is 1. The highest BCUT2D eigenvalue weighted by molar-refractivity contribution is 5.80. The van der Waals surface area contributed by atoms with Crippen LogP contribution in [0.1, 0.15) is 5.56 Å². The maximum atomic E-state index is 5.65. The zero-order valence-corrected chi connectivity index (χ0v) is 15.1. The van der Waals surface area contributed by atoms with Gasteiger partial charge in [-0.2, -0.15) is 0 Å². The monoisotopic (exact) mass is 358 g/mol. The zero-order valence-electron chi connectivity index (χ0n) is 15.1. The van der Waals surface area contributed by atoms with Crippen LogP contribution in [0.5, 0.6) is 0 Å². The van der Waals surface area contributed by atoms with Crippen LogP contribution >= 0.6 is 0 Å². The first-order chi connectivity index (χ1) is 13.4. The molecule has 1 saturated heterocycles. The van der Waals surface area contributed by atoms with Crippen LogP contribution in [0.4, 0.5) is 5.69 Å². The maximum absolute atomic E-state index is 5.65. The molecule has 1 aliphatic heterocycles. The minimum atomic E-state index is 0.760. The summed E-state index contributed by atoms with van der Waals surface area (Å²) in [5, 5.41) is 3.41. The first-order valence-electron chi connectivity index (χ1n) is 9.42. The summed E-state index contributed by atoms with van der Waals surface area (Å²) in [5.74, 6) is 1.67. The first-order valence-corrected chi connectivity index (χ1v) is 9.42. The lowest BCUT2D eigenvalue weighted by molar-refractivity contribution is 0.572. The van der Waals surface area contributed by atoms with Crippen molar-refractivity contribution in [1.29, 1.82) is 0 Å². The summed E-state index contributed by atoms with van der Waals surface area (Å²) in [6, 6.07) is 21.0. The Balaban J connectivity index is 1.54. The zero-order chi connectivity index (χ0) is 18.1. The predicted octanol–water partition coefficient (Wildman–Crippen LogP) is 3.75. The van der Waals surface area contributed by atoms with Gasteiger partial charge >= 0.3 is 0 Å². The van der Waals surface area contributed by atoms with Gasteiger partial charge in [0, 0.05) is 38.4 Å². The van der Waals surface area contributed by atoms with Gasteiger partial charge in [-0.1, -0.05) is 24.3 Å². The van der Waals surface area contributed by atoms with Gasteiger partial charge in [-0.15, -0.1) is 0 Å². The first kappa shape index (κ1) is 16.1. The largest absolute Gasteiger partial charge is 0.461 e. The van der Waals surface area contributed by atoms with Gasteiger partial charge in [-0.25, -0.2) is 4.98 Å². The molecule has 2 aromatic heterocycles. The van der Waals surface area contributed by atoms with Crippen LogP contribution in [0.15, 0.2) is 71.3 Å². The van der Waals surface area contributed by atoms with E-state index in [1.807, 2.05) is 18.2 Å². The highest BCUT2D eigenvalue weighted by Crippen LogP contribution is 2.27. The van der Waals surface area contributed by atoms with Crippen LogP contribution in [0.25, 0.3) is 22.6 Å². The van der Waals surface area contributed by atoms with Crippen molar-refractivity contribution in [3.05, 3.63) is 72.5 Å². The molecule has 136 valence electrons. The van der Waals surface area contributed by atoms with Gasteiger partial charge in [0.15, 0.2) is 11.6 Å². The summed E-state index contributed by atoms with van der Waals surface area (Å²) in [6.45, 7) is 4.94. The third kappa shape index (κ3) is 3.11. The van der Waals surface area contributed by atoms with Gasteiger partial charge in [0.05, 0.1) is 17.3 Å². The van der Waals surface area contributed by atoms with Crippen LogP contribution in [0.2, 0.25) is 0 Å². The second-order valence-electron chi connectivity index (χ2n) is 6.89. The van der Waals surface area contributed by atoms with E-state index in [1.54, 1.807) is 6.26 Å². The molecule has 5 rings (SSSR count). The molecule has 0 aliphatic carbocycles. The molecule has 0 amide bonds. The van der Waals surface area contributed by atoms with E-state index in [0.29, 0.717) is 0 Å². The van der Waals surface area contributed by atoms with E-state index < -0.39 is 0 Å². The number of aromatic nitrogens is 2. The normalized spacial score (nSPS) is 14.7. The minimum Gasteiger partial charge on any atom is -0.461 e. The lowest BCUT2D eigenvalue weighted by atomic mass is 10.1. The average Bonchev–Trinajstić information content (AvgIpc) is 3.37. The number of nitrogens with one attached hydrogen (secondary N) is 1. The van der Waals surface area contributed by atoms with Gasteiger partial charge in [0.2, 0.25) is 0 Å². The summed E-state index contributed by atoms with van der Waals surface area (Å²) in [6.07, 6.45) is 1.70. The van der Waals surface area contributed by atoms with E-state index >= 15 is 0 Å². The molecule has 0 unspecified atom stereocenters. The molecule has 0 bridgehead atoms. The fraction of sp³-hybridized carbons (Fsp3) is 0.227. The molecule has 1 aliphatic rings. The predicted molar refractivity (Wildman–Crippen MR) is 108 cm³/mol. The van der Waals surface area contributed by atoms with Crippen molar-refractivity contribution in [2.24, 2.45) is 0 Å². The van der Waals surface area contributed by atoms with Gasteiger partial charge in [0.25, 0.3) is 0 Å². The summed E-state index contributed by atoms with van der Waals surface area (Å²) in [4.78, 5) is 7.26. The van der Waals surface area contributed by atoms with Crippen LogP contribution in [-0.2, 0) is 6.54 Å². The molecular weight excluding hydrogens is 336 g/mol. The summed E-state index contributed by atoms with van der Waals surface area (Å²) >= 11 is 0. The number of benzene rings is 2. The van der Waals surface area contributed by atoms with Crippen molar-refractivity contribution in [2.75, 3.05) is 31.1 Å². The molecule has 5 heteroatoms. The topological polar surface area (TPSA) is 46.2 Å². The molecule has 0 spiro atoms. The van der Waals surface area contributed by atoms with Gasteiger partial charge in [0.1, 0.15) is 0 Å². The third-order valence-electron chi connectivity index (χ3n) is 5.13. The Kier molecular flexibility index (Phi) is 4.14. The Morgan fingerprint density at radius 3 is 2.70 bits per heavy atom. The molecule has 0 saturated carbocycles. The van der Waals surface area contributed by atoms with Gasteiger partial charge < -0.3 is 19.2 Å². The molecule has 4 aromatic rings. The van der Waals surface area contributed by atoms with E-state index in [2.05, 4.69) is 57.2 Å². The molecule has 27 heavy (non-hydrogen) atoms. The maximum Gasteiger partial charge on any atom is 0.177 e. The van der Waals surface area contributed by atoms with Gasteiger partial charge in [-0.05, 0) is 42.0 Å². The standard InChI is InChI=1S/C22H22N4O/c1-2-8-20-19(7-1)24-22(21-9-4-14-27-21)26(20)16-17-5-3-6-18(15-17)25-12-10-23-11-13-25/h1-9,14-15,23H,10-13,16H2. The Hall–Kier alpha value is -3.05. The quantitative estimate of drug-likeness (QED) is 0.603. The summed E-state index contributed by atoms with van der Waals surface area (Å²) in [7, 11) is 0. The van der Waals surface area contributed by atoms with Crippen molar-refractivity contribution < 1.29 is 4.42 Å². The summed E-state index contributed by atoms with van der Waals surface area (Å²) < 4.78 is 7.89. The highest BCUT2D eigenvalue weighted by Gasteiger charge is 2.16. The number of anilines is 1. The van der Waals surface area contributed by atoms with Crippen molar-refractivity contribution in [2.45, 2.75) is 6.54 Å². The molecule has 0 radical (unpaired) electrons. The number of furan rings is 1. The van der Waals surface area contributed by atoms with E-state index in [-0.39, 0.29) is 0 Å². The van der Waals surface area contributed by atoms with Crippen LogP contribution in [-0.4, -0.2) is 35.7 Å². The van der Waals surface area contributed by atoms with Crippen molar-refractivity contribution >= 4 is 16.7 Å². The number of para-hydroxylation sites is 2. The Morgan fingerprint density at radius 1 is 0.963 bits per heavy atom. The number of hydrogen-bond acceptors (Lipinski definition) is 4. The summed E-state index contributed by atoms with van der Waals surface area (Å²) in [5.41, 5.74) is 4.67.